The molecule has 3 aromatic rings. The predicted octanol–water partition coefficient (Wildman–Crippen LogP) is 5.16. The minimum Gasteiger partial charge on any atom is -0.507 e. The topological polar surface area (TPSA) is 96.2 Å². The number of carbonyl (C=O) groups excluding carboxylic acids is 2. The number of phenols is 1. The van der Waals surface area contributed by atoms with Crippen LogP contribution < -0.4 is 10.6 Å². The number of halogens is 1. The summed E-state index contributed by atoms with van der Waals surface area (Å²) >= 11 is 0. The summed E-state index contributed by atoms with van der Waals surface area (Å²) in [5, 5.41) is 20.5. The number of phenolic OH excluding ortho intramolecular Hbond substituents is 1. The molecule has 7 nitrogen and oxygen atoms in total. The molecule has 1 fully saturated rings. The van der Waals surface area contributed by atoms with E-state index < -0.39 is 6.03 Å². The predicted molar refractivity (Wildman–Crippen MR) is 123 cm³/mol. The molecule has 4 rings (SSSR count). The Morgan fingerprint density at radius 2 is 1.91 bits per heavy atom. The van der Waals surface area contributed by atoms with E-state index >= 15 is 0 Å². The molecule has 0 spiro atoms. The molecular weight excluding hydrogens is 423 g/mol. The Balaban J connectivity index is 1.65. The van der Waals surface area contributed by atoms with Crippen LogP contribution in [0.4, 0.5) is 14.9 Å². The molecule has 0 atom stereocenters. The molecule has 1 aliphatic carbocycles. The highest BCUT2D eigenvalue weighted by atomic mass is 19.1. The van der Waals surface area contributed by atoms with Crippen LogP contribution >= 0.6 is 0 Å². The van der Waals surface area contributed by atoms with E-state index in [2.05, 4.69) is 15.7 Å². The highest BCUT2D eigenvalue weighted by Crippen LogP contribution is 2.38. The van der Waals surface area contributed by atoms with Crippen molar-refractivity contribution in [1.29, 1.82) is 0 Å². The minimum absolute atomic E-state index is 0.00103. The van der Waals surface area contributed by atoms with E-state index in [9.17, 15) is 19.1 Å². The lowest BCUT2D eigenvalue weighted by Crippen LogP contribution is -2.31. The zero-order chi connectivity index (χ0) is 23.4. The molecule has 1 heterocycles. The number of carbonyl (C=O) groups is 2. The van der Waals surface area contributed by atoms with Gasteiger partial charge < -0.3 is 15.7 Å². The lowest BCUT2D eigenvalue weighted by molar-refractivity contribution is -0.115. The molecule has 0 unspecified atom stereocenters. The van der Waals surface area contributed by atoms with Crippen molar-refractivity contribution in [2.45, 2.75) is 51.5 Å². The summed E-state index contributed by atoms with van der Waals surface area (Å²) in [6.07, 6.45) is 4.38. The van der Waals surface area contributed by atoms with Crippen molar-refractivity contribution < 1.29 is 19.1 Å². The van der Waals surface area contributed by atoms with Crippen LogP contribution in [0.3, 0.4) is 0 Å². The Kier molecular flexibility index (Phi) is 6.72. The Bertz CT molecular complexity index is 1170. The number of hydrogen-bond donors (Lipinski definition) is 3. The van der Waals surface area contributed by atoms with Gasteiger partial charge in [-0.05, 0) is 43.2 Å². The first kappa shape index (κ1) is 22.5. The van der Waals surface area contributed by atoms with Crippen molar-refractivity contribution >= 4 is 17.6 Å². The minimum atomic E-state index is -0.457. The van der Waals surface area contributed by atoms with E-state index in [0.717, 1.165) is 31.4 Å². The van der Waals surface area contributed by atoms with E-state index in [1.165, 1.54) is 16.8 Å². The van der Waals surface area contributed by atoms with Crippen LogP contribution in [-0.2, 0) is 11.3 Å². The number of nitrogens with zero attached hydrogens (tertiary/aromatic N) is 2. The zero-order valence-corrected chi connectivity index (χ0v) is 18.5. The summed E-state index contributed by atoms with van der Waals surface area (Å²) in [6, 6.07) is 12.4. The van der Waals surface area contributed by atoms with Crippen LogP contribution in [0.15, 0.2) is 48.5 Å². The number of nitrogens with one attached hydrogen (secondary N) is 2. The molecule has 0 saturated heterocycles. The SMILES string of the molecule is CCC(=O)Nc1ccc(O)c(-c2cc(C3CCCC3)n(C(=O)NCc3ccccc3F)n2)c1. The van der Waals surface area contributed by atoms with Gasteiger partial charge in [-0.2, -0.15) is 9.78 Å². The monoisotopic (exact) mass is 450 g/mol. The third-order valence-corrected chi connectivity index (χ3v) is 5.97. The molecule has 1 aliphatic rings. The van der Waals surface area contributed by atoms with Gasteiger partial charge in [-0.1, -0.05) is 38.0 Å². The largest absolute Gasteiger partial charge is 0.507 e. The van der Waals surface area contributed by atoms with Gasteiger partial charge >= 0.3 is 6.03 Å². The van der Waals surface area contributed by atoms with E-state index in [1.807, 2.05) is 6.07 Å². The van der Waals surface area contributed by atoms with Crippen molar-refractivity contribution in [2.75, 3.05) is 5.32 Å². The van der Waals surface area contributed by atoms with Gasteiger partial charge in [0.15, 0.2) is 0 Å². The molecule has 0 radical (unpaired) electrons. The molecule has 33 heavy (non-hydrogen) atoms. The van der Waals surface area contributed by atoms with Gasteiger partial charge in [-0.3, -0.25) is 4.79 Å². The lowest BCUT2D eigenvalue weighted by Gasteiger charge is -2.12. The van der Waals surface area contributed by atoms with Crippen molar-refractivity contribution in [3.05, 3.63) is 65.6 Å². The first-order valence-corrected chi connectivity index (χ1v) is 11.2. The molecule has 172 valence electrons. The summed E-state index contributed by atoms with van der Waals surface area (Å²) in [6.45, 7) is 1.79. The first-order chi connectivity index (χ1) is 16.0. The zero-order valence-electron chi connectivity index (χ0n) is 18.5. The fourth-order valence-corrected chi connectivity index (χ4v) is 4.16. The highest BCUT2D eigenvalue weighted by Gasteiger charge is 2.26. The Labute approximate surface area is 191 Å². The average Bonchev–Trinajstić information content (AvgIpc) is 3.49. The van der Waals surface area contributed by atoms with Crippen molar-refractivity contribution in [3.63, 3.8) is 0 Å². The number of rotatable bonds is 6. The van der Waals surface area contributed by atoms with Gasteiger partial charge in [0.25, 0.3) is 0 Å². The number of hydrogen-bond acceptors (Lipinski definition) is 4. The maximum atomic E-state index is 14.0. The van der Waals surface area contributed by atoms with E-state index in [1.54, 1.807) is 37.3 Å². The van der Waals surface area contributed by atoms with Gasteiger partial charge in [0.05, 0.1) is 11.4 Å². The van der Waals surface area contributed by atoms with Gasteiger partial charge in [-0.15, -0.1) is 0 Å². The van der Waals surface area contributed by atoms with Crippen LogP contribution in [0.5, 0.6) is 5.75 Å². The summed E-state index contributed by atoms with van der Waals surface area (Å²) in [7, 11) is 0. The molecule has 2 amide bonds. The van der Waals surface area contributed by atoms with Gasteiger partial charge in [0.2, 0.25) is 5.91 Å². The lowest BCUT2D eigenvalue weighted by atomic mass is 10.0. The molecule has 2 aromatic carbocycles. The maximum Gasteiger partial charge on any atom is 0.342 e. The third-order valence-electron chi connectivity index (χ3n) is 5.97. The Morgan fingerprint density at radius 3 is 2.64 bits per heavy atom. The number of aromatic hydroxyl groups is 1. The summed E-state index contributed by atoms with van der Waals surface area (Å²) in [5.41, 5.74) is 2.54. The van der Waals surface area contributed by atoms with Crippen LogP contribution in [0.1, 0.15) is 56.2 Å². The third kappa shape index (κ3) is 5.05. The summed E-state index contributed by atoms with van der Waals surface area (Å²) < 4.78 is 15.3. The Morgan fingerprint density at radius 1 is 1.15 bits per heavy atom. The van der Waals surface area contributed by atoms with Crippen LogP contribution in [0.25, 0.3) is 11.3 Å². The van der Waals surface area contributed by atoms with E-state index in [4.69, 9.17) is 0 Å². The Hall–Kier alpha value is -3.68. The van der Waals surface area contributed by atoms with E-state index in [0.29, 0.717) is 28.9 Å². The second-order valence-electron chi connectivity index (χ2n) is 8.23. The van der Waals surface area contributed by atoms with Crippen molar-refractivity contribution in [3.8, 4) is 17.0 Å². The number of aromatic nitrogens is 2. The number of benzene rings is 2. The second-order valence-corrected chi connectivity index (χ2v) is 8.23. The van der Waals surface area contributed by atoms with Crippen LogP contribution in [-0.4, -0.2) is 26.8 Å². The molecule has 0 bridgehead atoms. The summed E-state index contributed by atoms with van der Waals surface area (Å²) in [5.74, 6) is -0.350. The molecule has 0 aliphatic heterocycles. The average molecular weight is 451 g/mol. The molecule has 3 N–H and O–H groups in total. The second kappa shape index (κ2) is 9.85. The van der Waals surface area contributed by atoms with Crippen molar-refractivity contribution in [1.82, 2.24) is 15.1 Å². The fraction of sp³-hybridized carbons (Fsp3) is 0.320. The number of amides is 2. The highest BCUT2D eigenvalue weighted by molar-refractivity contribution is 5.91. The van der Waals surface area contributed by atoms with Crippen LogP contribution in [0.2, 0.25) is 0 Å². The van der Waals surface area contributed by atoms with E-state index in [-0.39, 0.29) is 29.9 Å². The first-order valence-electron chi connectivity index (χ1n) is 11.2. The molecule has 1 saturated carbocycles. The standard InChI is InChI=1S/C25H27FN4O3/c1-2-24(32)28-18-11-12-23(31)19(13-18)21-14-22(16-7-3-4-8-16)30(29-21)25(33)27-15-17-9-5-6-10-20(17)26/h5-6,9-14,16,31H,2-4,7-8,15H2,1H3,(H,27,33)(H,28,32). The normalized spacial score (nSPS) is 13.8. The maximum absolute atomic E-state index is 14.0. The molecule has 8 heteroatoms. The van der Waals surface area contributed by atoms with Gasteiger partial charge in [-0.25, -0.2) is 9.18 Å². The van der Waals surface area contributed by atoms with Crippen molar-refractivity contribution in [2.24, 2.45) is 0 Å². The summed E-state index contributed by atoms with van der Waals surface area (Å²) in [4.78, 5) is 24.8. The molecule has 1 aromatic heterocycles. The van der Waals surface area contributed by atoms with Crippen LogP contribution in [0, 0.1) is 5.82 Å². The number of anilines is 1. The van der Waals surface area contributed by atoms with Gasteiger partial charge in [0.1, 0.15) is 11.6 Å². The fourth-order valence-electron chi connectivity index (χ4n) is 4.16. The smallest absolute Gasteiger partial charge is 0.342 e. The van der Waals surface area contributed by atoms with Gasteiger partial charge in [0, 0.05) is 35.7 Å². The molecular formula is C25H27FN4O3. The quantitative estimate of drug-likeness (QED) is 0.452.